The molecule has 0 saturated carbocycles. The van der Waals surface area contributed by atoms with E-state index >= 15 is 0 Å². The third-order valence-electron chi connectivity index (χ3n) is 1.02. The van der Waals surface area contributed by atoms with Gasteiger partial charge in [-0.2, -0.15) is 0 Å². The highest BCUT2D eigenvalue weighted by Crippen LogP contribution is 2.19. The molecule has 0 unspecified atom stereocenters. The normalized spacial score (nSPS) is 8.89. The summed E-state index contributed by atoms with van der Waals surface area (Å²) >= 11 is 4.97. The van der Waals surface area contributed by atoms with Crippen molar-refractivity contribution >= 4 is 22.7 Å². The SMILES string of the molecule is CCC(OSS)=C(C)C. The first-order chi connectivity index (χ1) is 4.22. The summed E-state index contributed by atoms with van der Waals surface area (Å²) < 4.78 is 5.11. The van der Waals surface area contributed by atoms with Gasteiger partial charge in [-0.1, -0.05) is 18.6 Å². The molecule has 0 aromatic carbocycles. The summed E-state index contributed by atoms with van der Waals surface area (Å²) in [7, 11) is 0. The van der Waals surface area contributed by atoms with Crippen molar-refractivity contribution in [1.29, 1.82) is 0 Å². The van der Waals surface area contributed by atoms with Crippen molar-refractivity contribution in [3.63, 3.8) is 0 Å². The van der Waals surface area contributed by atoms with Crippen LogP contribution in [0.15, 0.2) is 11.3 Å². The maximum Gasteiger partial charge on any atom is 0.122 e. The van der Waals surface area contributed by atoms with Crippen molar-refractivity contribution in [3.05, 3.63) is 11.3 Å². The Kier molecular flexibility index (Phi) is 5.19. The molecule has 0 radical (unpaired) electrons. The maximum atomic E-state index is 5.11. The Bertz CT molecular complexity index is 106. The van der Waals surface area contributed by atoms with E-state index in [0.29, 0.717) is 0 Å². The first-order valence-electron chi connectivity index (χ1n) is 2.86. The van der Waals surface area contributed by atoms with Crippen LogP contribution in [0.3, 0.4) is 0 Å². The molecule has 0 aromatic heterocycles. The van der Waals surface area contributed by atoms with Gasteiger partial charge in [0.25, 0.3) is 0 Å². The molecule has 0 N–H and O–H groups in total. The van der Waals surface area contributed by atoms with Gasteiger partial charge in [-0.05, 0) is 19.4 Å². The van der Waals surface area contributed by atoms with Gasteiger partial charge < -0.3 is 4.18 Å². The Morgan fingerprint density at radius 3 is 2.22 bits per heavy atom. The smallest absolute Gasteiger partial charge is 0.122 e. The molecule has 0 aromatic rings. The van der Waals surface area contributed by atoms with Gasteiger partial charge in [0, 0.05) is 6.42 Å². The molecule has 0 amide bonds. The fourth-order valence-electron chi connectivity index (χ4n) is 0.541. The van der Waals surface area contributed by atoms with Crippen molar-refractivity contribution in [3.8, 4) is 0 Å². The molecule has 1 nitrogen and oxygen atoms in total. The predicted octanol–water partition coefficient (Wildman–Crippen LogP) is 3.20. The van der Waals surface area contributed by atoms with Gasteiger partial charge in [0.1, 0.15) is 16.8 Å². The van der Waals surface area contributed by atoms with Crippen molar-refractivity contribution in [2.45, 2.75) is 27.2 Å². The van der Waals surface area contributed by atoms with E-state index in [0.717, 1.165) is 23.3 Å². The zero-order valence-corrected chi connectivity index (χ0v) is 7.68. The van der Waals surface area contributed by atoms with E-state index in [2.05, 4.69) is 18.6 Å². The highest BCUT2D eigenvalue weighted by atomic mass is 33.1. The number of thiol groups is 1. The Balaban J connectivity index is 3.83. The van der Waals surface area contributed by atoms with Crippen LogP contribution < -0.4 is 0 Å². The van der Waals surface area contributed by atoms with Gasteiger partial charge in [-0.15, -0.1) is 0 Å². The van der Waals surface area contributed by atoms with Crippen LogP contribution in [0.4, 0.5) is 0 Å². The second-order valence-electron chi connectivity index (χ2n) is 1.93. The Morgan fingerprint density at radius 2 is 2.11 bits per heavy atom. The standard InChI is InChI=1S/C6H12OS2/c1-4-6(5(2)3)7-9-8/h8H,4H2,1-3H3. The van der Waals surface area contributed by atoms with Crippen LogP contribution in [0, 0.1) is 0 Å². The van der Waals surface area contributed by atoms with Crippen molar-refractivity contribution in [2.75, 3.05) is 0 Å². The average Bonchev–Trinajstić information content (AvgIpc) is 1.82. The van der Waals surface area contributed by atoms with E-state index < -0.39 is 0 Å². The minimum absolute atomic E-state index is 0.940. The van der Waals surface area contributed by atoms with E-state index in [4.69, 9.17) is 4.18 Å². The monoisotopic (exact) mass is 164 g/mol. The molecule has 0 atom stereocenters. The number of rotatable bonds is 3. The fourth-order valence-corrected chi connectivity index (χ4v) is 1.19. The van der Waals surface area contributed by atoms with Crippen LogP contribution in [0.5, 0.6) is 0 Å². The first kappa shape index (κ1) is 9.24. The molecule has 0 bridgehead atoms. The number of hydrogen-bond acceptors (Lipinski definition) is 3. The van der Waals surface area contributed by atoms with Gasteiger partial charge in [-0.25, -0.2) is 0 Å². The minimum Gasteiger partial charge on any atom is -0.419 e. The molecule has 3 heteroatoms. The summed E-state index contributed by atoms with van der Waals surface area (Å²) in [5, 5.41) is 0. The third-order valence-corrected chi connectivity index (χ3v) is 1.52. The quantitative estimate of drug-likeness (QED) is 0.297. The van der Waals surface area contributed by atoms with Gasteiger partial charge in [0.2, 0.25) is 0 Å². The fraction of sp³-hybridized carbons (Fsp3) is 0.667. The van der Waals surface area contributed by atoms with Crippen molar-refractivity contribution in [2.24, 2.45) is 0 Å². The molecule has 0 fully saturated rings. The van der Waals surface area contributed by atoms with Gasteiger partial charge in [-0.3, -0.25) is 0 Å². The molecule has 0 saturated heterocycles. The Labute approximate surface area is 65.9 Å². The van der Waals surface area contributed by atoms with Gasteiger partial charge in [0.15, 0.2) is 0 Å². The van der Waals surface area contributed by atoms with E-state index in [1.54, 1.807) is 0 Å². The lowest BCUT2D eigenvalue weighted by molar-refractivity contribution is 0.475. The summed E-state index contributed by atoms with van der Waals surface area (Å²) in [6.45, 7) is 6.12. The molecule has 0 heterocycles. The summed E-state index contributed by atoms with van der Waals surface area (Å²) in [6.07, 6.45) is 0.940. The molecule has 0 aliphatic carbocycles. The lowest BCUT2D eigenvalue weighted by Gasteiger charge is -2.03. The highest BCUT2D eigenvalue weighted by molar-refractivity contribution is 8.66. The van der Waals surface area contributed by atoms with Gasteiger partial charge >= 0.3 is 0 Å². The largest absolute Gasteiger partial charge is 0.419 e. The van der Waals surface area contributed by atoms with Crippen molar-refractivity contribution < 1.29 is 4.18 Å². The Hall–Kier alpha value is 0.240. The van der Waals surface area contributed by atoms with Crippen LogP contribution in [-0.4, -0.2) is 0 Å². The summed E-state index contributed by atoms with van der Waals surface area (Å²) in [4.78, 5) is 0. The van der Waals surface area contributed by atoms with E-state index in [1.807, 2.05) is 13.8 Å². The lowest BCUT2D eigenvalue weighted by atomic mass is 10.2. The van der Waals surface area contributed by atoms with E-state index in [9.17, 15) is 0 Å². The predicted molar refractivity (Wildman–Crippen MR) is 46.3 cm³/mol. The molecular formula is C6H12OS2. The third kappa shape index (κ3) is 3.76. The second-order valence-corrected chi connectivity index (χ2v) is 2.70. The first-order valence-corrected chi connectivity index (χ1v) is 4.66. The molecule has 0 spiro atoms. The number of hydrogen-bond donors (Lipinski definition) is 1. The van der Waals surface area contributed by atoms with Crippen LogP contribution in [-0.2, 0) is 4.18 Å². The second kappa shape index (κ2) is 5.06. The molecular weight excluding hydrogens is 152 g/mol. The summed E-state index contributed by atoms with van der Waals surface area (Å²) in [6, 6.07) is 0. The van der Waals surface area contributed by atoms with E-state index in [-0.39, 0.29) is 0 Å². The summed E-state index contributed by atoms with van der Waals surface area (Å²) in [5.41, 5.74) is 1.22. The van der Waals surface area contributed by atoms with Crippen LogP contribution in [0.2, 0.25) is 0 Å². The zero-order chi connectivity index (χ0) is 7.28. The molecule has 0 aliphatic heterocycles. The maximum absolute atomic E-state index is 5.11. The van der Waals surface area contributed by atoms with Crippen LogP contribution in [0.1, 0.15) is 27.2 Å². The van der Waals surface area contributed by atoms with Crippen LogP contribution in [0.25, 0.3) is 0 Å². The lowest BCUT2D eigenvalue weighted by Crippen LogP contribution is -1.83. The Morgan fingerprint density at radius 1 is 1.56 bits per heavy atom. The topological polar surface area (TPSA) is 9.23 Å². The molecule has 0 rings (SSSR count). The minimum atomic E-state index is 0.940. The van der Waals surface area contributed by atoms with Gasteiger partial charge in [0.05, 0.1) is 0 Å². The van der Waals surface area contributed by atoms with E-state index in [1.165, 1.54) is 5.57 Å². The zero-order valence-electron chi connectivity index (χ0n) is 5.97. The number of allylic oxidation sites excluding steroid dienone is 2. The molecule has 0 aliphatic rings. The summed E-state index contributed by atoms with van der Waals surface area (Å²) in [5.74, 6) is 1.02. The highest BCUT2D eigenvalue weighted by Gasteiger charge is 1.95. The average molecular weight is 164 g/mol. The molecule has 54 valence electrons. The molecule has 9 heavy (non-hydrogen) atoms. The van der Waals surface area contributed by atoms with Crippen LogP contribution >= 0.6 is 22.7 Å². The van der Waals surface area contributed by atoms with Crippen molar-refractivity contribution in [1.82, 2.24) is 0 Å².